The number of hydrogen-bond donors (Lipinski definition) is 2. The van der Waals surface area contributed by atoms with E-state index in [4.69, 9.17) is 9.47 Å². The van der Waals surface area contributed by atoms with Crippen LogP contribution in [-0.4, -0.2) is 50.5 Å². The average Bonchev–Trinajstić information content (AvgIpc) is 2.44. The molecule has 1 atom stereocenters. The van der Waals surface area contributed by atoms with Gasteiger partial charge in [0.05, 0.1) is 12.1 Å². The van der Waals surface area contributed by atoms with Gasteiger partial charge >= 0.3 is 0 Å². The van der Waals surface area contributed by atoms with E-state index in [0.717, 1.165) is 52.0 Å². The quantitative estimate of drug-likeness (QED) is 0.793. The molecule has 2 heterocycles. The molecule has 0 aromatic rings. The molecule has 0 aromatic heterocycles. The minimum absolute atomic E-state index is 0.0113. The second-order valence-corrected chi connectivity index (χ2v) is 6.41. The van der Waals surface area contributed by atoms with Crippen molar-refractivity contribution in [2.75, 3.05) is 32.9 Å². The lowest BCUT2D eigenvalue weighted by atomic mass is 9.84. The molecule has 116 valence electrons. The molecule has 0 aliphatic carbocycles. The zero-order valence-corrected chi connectivity index (χ0v) is 12.7. The third-order valence-electron chi connectivity index (χ3n) is 4.16. The fourth-order valence-electron chi connectivity index (χ4n) is 2.91. The van der Waals surface area contributed by atoms with Crippen LogP contribution in [0.15, 0.2) is 0 Å². The Kier molecular flexibility index (Phi) is 5.81. The number of carbonyl (C=O) groups excluding carboxylic acids is 1. The zero-order valence-electron chi connectivity index (χ0n) is 12.7. The SMILES string of the molecule is CC(C)CNC(=O)CNC1CCOC2(CCOCC2)C1. The van der Waals surface area contributed by atoms with Crippen LogP contribution in [0.4, 0.5) is 0 Å². The van der Waals surface area contributed by atoms with Gasteiger partial charge in [-0.3, -0.25) is 4.79 Å². The molecule has 1 unspecified atom stereocenters. The number of ether oxygens (including phenoxy) is 2. The van der Waals surface area contributed by atoms with E-state index in [1.807, 2.05) is 0 Å². The van der Waals surface area contributed by atoms with Crippen LogP contribution in [0.25, 0.3) is 0 Å². The number of hydrogen-bond acceptors (Lipinski definition) is 4. The van der Waals surface area contributed by atoms with Gasteiger partial charge in [-0.05, 0) is 31.6 Å². The lowest BCUT2D eigenvalue weighted by Crippen LogP contribution is -2.51. The van der Waals surface area contributed by atoms with E-state index < -0.39 is 0 Å². The molecule has 20 heavy (non-hydrogen) atoms. The first-order valence-electron chi connectivity index (χ1n) is 7.81. The minimum atomic E-state index is -0.0113. The summed E-state index contributed by atoms with van der Waals surface area (Å²) in [6.45, 7) is 7.72. The lowest BCUT2D eigenvalue weighted by Gasteiger charge is -2.43. The van der Waals surface area contributed by atoms with Crippen LogP contribution in [0.3, 0.4) is 0 Å². The molecule has 2 aliphatic heterocycles. The maximum absolute atomic E-state index is 11.7. The van der Waals surface area contributed by atoms with Gasteiger partial charge in [-0.25, -0.2) is 0 Å². The summed E-state index contributed by atoms with van der Waals surface area (Å²) in [7, 11) is 0. The van der Waals surface area contributed by atoms with Crippen molar-refractivity contribution in [3.8, 4) is 0 Å². The van der Waals surface area contributed by atoms with Crippen molar-refractivity contribution in [3.63, 3.8) is 0 Å². The smallest absolute Gasteiger partial charge is 0.233 e. The van der Waals surface area contributed by atoms with E-state index in [1.165, 1.54) is 0 Å². The van der Waals surface area contributed by atoms with Crippen molar-refractivity contribution < 1.29 is 14.3 Å². The summed E-state index contributed by atoms with van der Waals surface area (Å²) in [5.74, 6) is 0.582. The first kappa shape index (κ1) is 15.7. The van der Waals surface area contributed by atoms with E-state index >= 15 is 0 Å². The first-order chi connectivity index (χ1) is 9.60. The largest absolute Gasteiger partial charge is 0.381 e. The molecule has 2 saturated heterocycles. The van der Waals surface area contributed by atoms with E-state index in [2.05, 4.69) is 24.5 Å². The highest BCUT2D eigenvalue weighted by Gasteiger charge is 2.38. The highest BCUT2D eigenvalue weighted by atomic mass is 16.5. The number of rotatable bonds is 5. The Labute approximate surface area is 121 Å². The standard InChI is InChI=1S/C15H28N2O3/c1-12(2)10-17-14(18)11-16-13-3-6-20-15(9-13)4-7-19-8-5-15/h12-13,16H,3-11H2,1-2H3,(H,17,18). The summed E-state index contributed by atoms with van der Waals surface area (Å²) >= 11 is 0. The van der Waals surface area contributed by atoms with Crippen LogP contribution in [0.2, 0.25) is 0 Å². The molecule has 2 fully saturated rings. The van der Waals surface area contributed by atoms with Crippen LogP contribution in [0.1, 0.15) is 39.5 Å². The summed E-state index contributed by atoms with van der Waals surface area (Å²) in [5, 5.41) is 6.32. The molecule has 5 heteroatoms. The topological polar surface area (TPSA) is 59.6 Å². The van der Waals surface area contributed by atoms with Crippen LogP contribution in [-0.2, 0) is 14.3 Å². The third-order valence-corrected chi connectivity index (χ3v) is 4.16. The molecular weight excluding hydrogens is 256 g/mol. The van der Waals surface area contributed by atoms with Crippen molar-refractivity contribution >= 4 is 5.91 Å². The normalized spacial score (nSPS) is 25.9. The van der Waals surface area contributed by atoms with Crippen LogP contribution >= 0.6 is 0 Å². The first-order valence-corrected chi connectivity index (χ1v) is 7.81. The van der Waals surface area contributed by atoms with Crippen molar-refractivity contribution in [2.45, 2.75) is 51.2 Å². The summed E-state index contributed by atoms with van der Waals surface area (Å²) < 4.78 is 11.4. The predicted octanol–water partition coefficient (Wildman–Crippen LogP) is 1.08. The van der Waals surface area contributed by atoms with Crippen molar-refractivity contribution in [3.05, 3.63) is 0 Å². The minimum Gasteiger partial charge on any atom is -0.381 e. The molecular formula is C15H28N2O3. The maximum atomic E-state index is 11.7. The molecule has 1 spiro atoms. The molecule has 0 radical (unpaired) electrons. The van der Waals surface area contributed by atoms with Crippen LogP contribution in [0, 0.1) is 5.92 Å². The van der Waals surface area contributed by atoms with Gasteiger partial charge in [-0.15, -0.1) is 0 Å². The van der Waals surface area contributed by atoms with Gasteiger partial charge in [0.25, 0.3) is 0 Å². The van der Waals surface area contributed by atoms with Crippen LogP contribution in [0.5, 0.6) is 0 Å². The van der Waals surface area contributed by atoms with E-state index in [0.29, 0.717) is 18.5 Å². The summed E-state index contributed by atoms with van der Waals surface area (Å²) in [6.07, 6.45) is 3.93. The Morgan fingerprint density at radius 3 is 2.75 bits per heavy atom. The second kappa shape index (κ2) is 7.38. The van der Waals surface area contributed by atoms with E-state index in [-0.39, 0.29) is 11.5 Å². The van der Waals surface area contributed by atoms with Crippen molar-refractivity contribution in [1.82, 2.24) is 10.6 Å². The van der Waals surface area contributed by atoms with Gasteiger partial charge in [0.2, 0.25) is 5.91 Å². The zero-order chi connectivity index (χ0) is 14.4. The number of nitrogens with one attached hydrogen (secondary N) is 2. The summed E-state index contributed by atoms with van der Waals surface area (Å²) in [4.78, 5) is 11.7. The van der Waals surface area contributed by atoms with Gasteiger partial charge in [-0.1, -0.05) is 13.8 Å². The molecule has 2 aliphatic rings. The molecule has 5 nitrogen and oxygen atoms in total. The lowest BCUT2D eigenvalue weighted by molar-refractivity contribution is -0.141. The molecule has 2 N–H and O–H groups in total. The molecule has 2 rings (SSSR count). The van der Waals surface area contributed by atoms with Crippen LogP contribution < -0.4 is 10.6 Å². The molecule has 0 bridgehead atoms. The van der Waals surface area contributed by atoms with Crippen molar-refractivity contribution in [1.29, 1.82) is 0 Å². The highest BCUT2D eigenvalue weighted by molar-refractivity contribution is 5.77. The average molecular weight is 284 g/mol. The Balaban J connectivity index is 1.71. The Bertz CT molecular complexity index is 309. The van der Waals surface area contributed by atoms with Gasteiger partial charge in [0.1, 0.15) is 0 Å². The molecule has 1 amide bonds. The Hall–Kier alpha value is -0.650. The Morgan fingerprint density at radius 2 is 2.05 bits per heavy atom. The summed E-state index contributed by atoms with van der Waals surface area (Å²) in [5.41, 5.74) is -0.0113. The Morgan fingerprint density at radius 1 is 1.30 bits per heavy atom. The fraction of sp³-hybridized carbons (Fsp3) is 0.933. The van der Waals surface area contributed by atoms with Gasteiger partial charge < -0.3 is 20.1 Å². The fourth-order valence-corrected chi connectivity index (χ4v) is 2.91. The van der Waals surface area contributed by atoms with E-state index in [9.17, 15) is 4.79 Å². The second-order valence-electron chi connectivity index (χ2n) is 6.41. The number of carbonyl (C=O) groups is 1. The van der Waals surface area contributed by atoms with Gasteiger partial charge in [0, 0.05) is 32.4 Å². The molecule has 0 aromatic carbocycles. The maximum Gasteiger partial charge on any atom is 0.233 e. The van der Waals surface area contributed by atoms with E-state index in [1.54, 1.807) is 0 Å². The number of amides is 1. The third kappa shape index (κ3) is 4.72. The monoisotopic (exact) mass is 284 g/mol. The van der Waals surface area contributed by atoms with Gasteiger partial charge in [0.15, 0.2) is 0 Å². The predicted molar refractivity (Wildman–Crippen MR) is 77.6 cm³/mol. The van der Waals surface area contributed by atoms with Crippen molar-refractivity contribution in [2.24, 2.45) is 5.92 Å². The summed E-state index contributed by atoms with van der Waals surface area (Å²) in [6, 6.07) is 0.381. The highest BCUT2D eigenvalue weighted by Crippen LogP contribution is 2.34. The molecule has 0 saturated carbocycles. The van der Waals surface area contributed by atoms with Gasteiger partial charge in [-0.2, -0.15) is 0 Å².